The molecule has 1 aliphatic carbocycles. The Kier molecular flexibility index (Phi) is 2.49. The van der Waals surface area contributed by atoms with Gasteiger partial charge in [0.05, 0.1) is 4.47 Å². The van der Waals surface area contributed by atoms with Crippen LogP contribution in [0.25, 0.3) is 0 Å². The molecule has 1 aromatic carbocycles. The van der Waals surface area contributed by atoms with Gasteiger partial charge in [0.25, 0.3) is 0 Å². The zero-order chi connectivity index (χ0) is 10.3. The lowest BCUT2D eigenvalue weighted by Gasteiger charge is -2.25. The lowest BCUT2D eigenvalue weighted by atomic mass is 9.87. The number of benzene rings is 1. The average Bonchev–Trinajstić information content (AvgIpc) is 2.14. The number of nitrogens with two attached hydrogens (primary N) is 2. The molecule has 0 aliphatic heterocycles. The zero-order valence-corrected chi connectivity index (χ0v) is 9.27. The summed E-state index contributed by atoms with van der Waals surface area (Å²) in [6.45, 7) is 0. The fraction of sp³-hybridized carbons (Fsp3) is 0.400. The molecule has 4 heteroatoms. The molecule has 0 spiro atoms. The molecular formula is C10H12BrFN2. The van der Waals surface area contributed by atoms with E-state index in [0.717, 1.165) is 30.4 Å². The van der Waals surface area contributed by atoms with Gasteiger partial charge < -0.3 is 11.5 Å². The van der Waals surface area contributed by atoms with Gasteiger partial charge in [-0.2, -0.15) is 0 Å². The minimum atomic E-state index is -0.321. The van der Waals surface area contributed by atoms with E-state index < -0.39 is 0 Å². The molecule has 0 saturated carbocycles. The van der Waals surface area contributed by atoms with Crippen LogP contribution in [-0.4, -0.2) is 0 Å². The van der Waals surface area contributed by atoms with Crippen molar-refractivity contribution in [3.63, 3.8) is 0 Å². The molecule has 0 saturated heterocycles. The Balaban J connectivity index is 2.67. The van der Waals surface area contributed by atoms with Gasteiger partial charge in [-0.25, -0.2) is 4.39 Å². The van der Waals surface area contributed by atoms with Crippen molar-refractivity contribution in [2.75, 3.05) is 5.73 Å². The highest BCUT2D eigenvalue weighted by atomic mass is 79.9. The molecule has 1 atom stereocenters. The highest BCUT2D eigenvalue weighted by Gasteiger charge is 2.23. The van der Waals surface area contributed by atoms with E-state index in [-0.39, 0.29) is 11.9 Å². The summed E-state index contributed by atoms with van der Waals surface area (Å²) in [5, 5.41) is 0. The number of anilines is 1. The van der Waals surface area contributed by atoms with Crippen molar-refractivity contribution in [2.24, 2.45) is 5.73 Å². The van der Waals surface area contributed by atoms with E-state index >= 15 is 0 Å². The SMILES string of the molecule is Nc1cc(F)c(Br)c2c1CCCC2N. The Labute approximate surface area is 90.6 Å². The van der Waals surface area contributed by atoms with E-state index in [4.69, 9.17) is 11.5 Å². The lowest BCUT2D eigenvalue weighted by molar-refractivity contribution is 0.553. The standard InChI is InChI=1S/C10H12BrFN2/c11-10-6(12)4-8(14)5-2-1-3-7(13)9(5)10/h4,7H,1-3,13-14H2. The molecule has 1 unspecified atom stereocenters. The predicted molar refractivity (Wildman–Crippen MR) is 58.4 cm³/mol. The van der Waals surface area contributed by atoms with Crippen molar-refractivity contribution < 1.29 is 4.39 Å². The van der Waals surface area contributed by atoms with Gasteiger partial charge in [0, 0.05) is 11.7 Å². The summed E-state index contributed by atoms with van der Waals surface area (Å²) in [6, 6.07) is 1.27. The number of hydrogen-bond acceptors (Lipinski definition) is 2. The fourth-order valence-electron chi connectivity index (χ4n) is 2.01. The van der Waals surface area contributed by atoms with Gasteiger partial charge in [0.2, 0.25) is 0 Å². The molecule has 0 aromatic heterocycles. The highest BCUT2D eigenvalue weighted by Crippen LogP contribution is 2.38. The monoisotopic (exact) mass is 258 g/mol. The number of rotatable bonds is 0. The van der Waals surface area contributed by atoms with E-state index in [1.54, 1.807) is 0 Å². The van der Waals surface area contributed by atoms with Crippen LogP contribution in [0.3, 0.4) is 0 Å². The van der Waals surface area contributed by atoms with Crippen molar-refractivity contribution >= 4 is 21.6 Å². The number of fused-ring (bicyclic) bond motifs is 1. The van der Waals surface area contributed by atoms with Gasteiger partial charge >= 0.3 is 0 Å². The molecule has 0 heterocycles. The molecular weight excluding hydrogens is 247 g/mol. The topological polar surface area (TPSA) is 52.0 Å². The molecule has 2 nitrogen and oxygen atoms in total. The molecule has 1 aliphatic rings. The summed E-state index contributed by atoms with van der Waals surface area (Å²) < 4.78 is 13.8. The minimum Gasteiger partial charge on any atom is -0.398 e. The third kappa shape index (κ3) is 1.42. The molecule has 0 fully saturated rings. The maximum absolute atomic E-state index is 13.4. The zero-order valence-electron chi connectivity index (χ0n) is 7.69. The van der Waals surface area contributed by atoms with Crippen LogP contribution < -0.4 is 11.5 Å². The van der Waals surface area contributed by atoms with Crippen molar-refractivity contribution in [3.8, 4) is 0 Å². The van der Waals surface area contributed by atoms with Crippen molar-refractivity contribution in [2.45, 2.75) is 25.3 Å². The van der Waals surface area contributed by atoms with Gasteiger partial charge in [-0.05, 0) is 52.4 Å². The molecule has 4 N–H and O–H groups in total. The fourth-order valence-corrected chi connectivity index (χ4v) is 2.66. The first-order valence-corrected chi connectivity index (χ1v) is 5.42. The summed E-state index contributed by atoms with van der Waals surface area (Å²) >= 11 is 3.23. The normalized spacial score (nSPS) is 20.6. The maximum atomic E-state index is 13.4. The van der Waals surface area contributed by atoms with Crippen molar-refractivity contribution in [1.82, 2.24) is 0 Å². The maximum Gasteiger partial charge on any atom is 0.139 e. The summed E-state index contributed by atoms with van der Waals surface area (Å²) in [5.74, 6) is -0.321. The third-order valence-corrected chi connectivity index (χ3v) is 3.52. The van der Waals surface area contributed by atoms with E-state index in [2.05, 4.69) is 15.9 Å². The Morgan fingerprint density at radius 2 is 2.21 bits per heavy atom. The van der Waals surface area contributed by atoms with Crippen LogP contribution in [-0.2, 0) is 6.42 Å². The van der Waals surface area contributed by atoms with Gasteiger partial charge in [-0.1, -0.05) is 0 Å². The van der Waals surface area contributed by atoms with Gasteiger partial charge in [0.1, 0.15) is 5.82 Å². The van der Waals surface area contributed by atoms with Gasteiger partial charge in [-0.15, -0.1) is 0 Å². The summed E-state index contributed by atoms with van der Waals surface area (Å²) in [4.78, 5) is 0. The first kappa shape index (κ1) is 9.93. The Bertz CT molecular complexity index is 379. The first-order chi connectivity index (χ1) is 6.61. The van der Waals surface area contributed by atoms with Gasteiger partial charge in [0.15, 0.2) is 0 Å². The second kappa shape index (κ2) is 3.51. The van der Waals surface area contributed by atoms with Gasteiger partial charge in [-0.3, -0.25) is 0 Å². The third-order valence-electron chi connectivity index (χ3n) is 2.71. The number of hydrogen-bond donors (Lipinski definition) is 2. The summed E-state index contributed by atoms with van der Waals surface area (Å²) in [5.41, 5.74) is 14.1. The predicted octanol–water partition coefficient (Wildman–Crippen LogP) is 2.51. The Morgan fingerprint density at radius 3 is 2.93 bits per heavy atom. The van der Waals surface area contributed by atoms with E-state index in [1.165, 1.54) is 6.07 Å². The van der Waals surface area contributed by atoms with Crippen LogP contribution in [0, 0.1) is 5.82 Å². The van der Waals surface area contributed by atoms with Crippen LogP contribution in [0.2, 0.25) is 0 Å². The largest absolute Gasteiger partial charge is 0.398 e. The minimum absolute atomic E-state index is 0.0916. The molecule has 0 amide bonds. The number of nitrogen functional groups attached to an aromatic ring is 1. The second-order valence-electron chi connectivity index (χ2n) is 3.65. The molecule has 1 aromatic rings. The summed E-state index contributed by atoms with van der Waals surface area (Å²) in [7, 11) is 0. The summed E-state index contributed by atoms with van der Waals surface area (Å²) in [6.07, 6.45) is 2.82. The molecule has 0 radical (unpaired) electrons. The van der Waals surface area contributed by atoms with Crippen LogP contribution in [0.5, 0.6) is 0 Å². The first-order valence-electron chi connectivity index (χ1n) is 4.63. The lowest BCUT2D eigenvalue weighted by Crippen LogP contribution is -2.20. The van der Waals surface area contributed by atoms with Crippen LogP contribution in [0.15, 0.2) is 10.5 Å². The van der Waals surface area contributed by atoms with Crippen LogP contribution >= 0.6 is 15.9 Å². The molecule has 76 valence electrons. The van der Waals surface area contributed by atoms with E-state index in [1.807, 2.05) is 0 Å². The highest BCUT2D eigenvalue weighted by molar-refractivity contribution is 9.10. The Hall–Kier alpha value is -0.610. The quantitative estimate of drug-likeness (QED) is 0.703. The van der Waals surface area contributed by atoms with Crippen LogP contribution in [0.1, 0.15) is 30.0 Å². The molecule has 2 rings (SSSR count). The molecule has 14 heavy (non-hydrogen) atoms. The van der Waals surface area contributed by atoms with Crippen LogP contribution in [0.4, 0.5) is 10.1 Å². The average molecular weight is 259 g/mol. The van der Waals surface area contributed by atoms with E-state index in [9.17, 15) is 4.39 Å². The Morgan fingerprint density at radius 1 is 1.50 bits per heavy atom. The number of halogens is 2. The van der Waals surface area contributed by atoms with Crippen molar-refractivity contribution in [3.05, 3.63) is 27.5 Å². The smallest absolute Gasteiger partial charge is 0.139 e. The van der Waals surface area contributed by atoms with E-state index in [0.29, 0.717) is 10.2 Å². The second-order valence-corrected chi connectivity index (χ2v) is 4.45. The van der Waals surface area contributed by atoms with Crippen molar-refractivity contribution in [1.29, 1.82) is 0 Å². The molecule has 0 bridgehead atoms.